The van der Waals surface area contributed by atoms with E-state index in [1.165, 1.54) is 0 Å². The quantitative estimate of drug-likeness (QED) is 0.784. The number of thiocarbonyl (C=S) groups is 1. The van der Waals surface area contributed by atoms with Gasteiger partial charge < -0.3 is 14.5 Å². The molecule has 1 heterocycles. The molecule has 3 rings (SSSR count). The number of methoxy groups -OCH3 is 1. The fourth-order valence-corrected chi connectivity index (χ4v) is 3.35. The molecule has 0 bridgehead atoms. The second-order valence-electron chi connectivity index (χ2n) is 5.46. The summed E-state index contributed by atoms with van der Waals surface area (Å²) in [7, 11) is 1.67. The molecule has 0 atom stereocenters. The molecule has 1 aliphatic rings. The molecule has 0 radical (unpaired) electrons. The number of para-hydroxylation sites is 1. The van der Waals surface area contributed by atoms with Crippen molar-refractivity contribution < 1.29 is 4.74 Å². The standard InChI is InChI=1S/C18H19ClN2OS/c1-22-15-8-6-14(7-9-15)18(23)21-12-10-20(11-13-21)17-5-3-2-4-16(17)19/h2-9H,10-13H2,1H3. The van der Waals surface area contributed by atoms with Crippen molar-refractivity contribution in [3.63, 3.8) is 0 Å². The van der Waals surface area contributed by atoms with E-state index < -0.39 is 0 Å². The lowest BCUT2D eigenvalue weighted by molar-refractivity contribution is 0.392. The van der Waals surface area contributed by atoms with Gasteiger partial charge in [-0.2, -0.15) is 0 Å². The molecule has 0 aliphatic carbocycles. The van der Waals surface area contributed by atoms with Gasteiger partial charge in [0.2, 0.25) is 0 Å². The first-order valence-corrected chi connectivity index (χ1v) is 8.40. The van der Waals surface area contributed by atoms with Crippen LogP contribution in [0.25, 0.3) is 0 Å². The Morgan fingerprint density at radius 2 is 1.65 bits per heavy atom. The predicted molar refractivity (Wildman–Crippen MR) is 99.9 cm³/mol. The second-order valence-corrected chi connectivity index (χ2v) is 6.25. The van der Waals surface area contributed by atoms with Crippen molar-refractivity contribution in [1.82, 2.24) is 4.90 Å². The number of hydrogen-bond donors (Lipinski definition) is 0. The van der Waals surface area contributed by atoms with E-state index in [4.69, 9.17) is 28.6 Å². The number of hydrogen-bond acceptors (Lipinski definition) is 3. The molecule has 0 saturated carbocycles. The Morgan fingerprint density at radius 3 is 2.26 bits per heavy atom. The van der Waals surface area contributed by atoms with E-state index in [-0.39, 0.29) is 0 Å². The minimum atomic E-state index is 0.804. The average Bonchev–Trinajstić information content (AvgIpc) is 2.62. The lowest BCUT2D eigenvalue weighted by atomic mass is 10.1. The Hall–Kier alpha value is -1.78. The number of nitrogens with zero attached hydrogens (tertiary/aromatic N) is 2. The van der Waals surface area contributed by atoms with Gasteiger partial charge in [0.15, 0.2) is 0 Å². The summed E-state index contributed by atoms with van der Waals surface area (Å²) in [6, 6.07) is 15.9. The molecule has 1 saturated heterocycles. The van der Waals surface area contributed by atoms with E-state index in [1.54, 1.807) is 7.11 Å². The largest absolute Gasteiger partial charge is 0.497 e. The van der Waals surface area contributed by atoms with Gasteiger partial charge >= 0.3 is 0 Å². The highest BCUT2D eigenvalue weighted by molar-refractivity contribution is 7.80. The monoisotopic (exact) mass is 346 g/mol. The number of piperazine rings is 1. The molecule has 0 aromatic heterocycles. The van der Waals surface area contributed by atoms with Crippen molar-refractivity contribution in [1.29, 1.82) is 0 Å². The lowest BCUT2D eigenvalue weighted by Gasteiger charge is -2.37. The van der Waals surface area contributed by atoms with E-state index in [1.807, 2.05) is 42.5 Å². The first kappa shape index (κ1) is 16.1. The van der Waals surface area contributed by atoms with Crippen LogP contribution in [0.4, 0.5) is 5.69 Å². The van der Waals surface area contributed by atoms with Crippen LogP contribution in [0.3, 0.4) is 0 Å². The maximum Gasteiger partial charge on any atom is 0.118 e. The Morgan fingerprint density at radius 1 is 1.00 bits per heavy atom. The van der Waals surface area contributed by atoms with Crippen molar-refractivity contribution in [3.05, 3.63) is 59.1 Å². The van der Waals surface area contributed by atoms with Crippen molar-refractivity contribution in [2.24, 2.45) is 0 Å². The van der Waals surface area contributed by atoms with Crippen molar-refractivity contribution in [2.75, 3.05) is 38.2 Å². The van der Waals surface area contributed by atoms with Crippen LogP contribution in [0.5, 0.6) is 5.75 Å². The summed E-state index contributed by atoms with van der Waals surface area (Å²) in [5, 5.41) is 0.804. The first-order chi connectivity index (χ1) is 11.2. The summed E-state index contributed by atoms with van der Waals surface area (Å²) < 4.78 is 5.19. The lowest BCUT2D eigenvalue weighted by Crippen LogP contribution is -2.48. The van der Waals surface area contributed by atoms with Crippen LogP contribution in [-0.2, 0) is 0 Å². The van der Waals surface area contributed by atoms with Gasteiger partial charge in [-0.3, -0.25) is 0 Å². The average molecular weight is 347 g/mol. The van der Waals surface area contributed by atoms with E-state index in [0.717, 1.165) is 53.2 Å². The van der Waals surface area contributed by atoms with Gasteiger partial charge in [0.25, 0.3) is 0 Å². The maximum absolute atomic E-state index is 6.29. The second kappa shape index (κ2) is 7.20. The molecule has 2 aromatic carbocycles. The third-order valence-electron chi connectivity index (χ3n) is 4.10. The van der Waals surface area contributed by atoms with Gasteiger partial charge in [-0.25, -0.2) is 0 Å². The SMILES string of the molecule is COc1ccc(C(=S)N2CCN(c3ccccc3Cl)CC2)cc1. The Labute approximate surface area is 147 Å². The molecular formula is C18H19ClN2OS. The summed E-state index contributed by atoms with van der Waals surface area (Å²) in [6.07, 6.45) is 0. The van der Waals surface area contributed by atoms with E-state index in [9.17, 15) is 0 Å². The number of anilines is 1. The summed E-state index contributed by atoms with van der Waals surface area (Å²) in [6.45, 7) is 3.63. The van der Waals surface area contributed by atoms with Crippen LogP contribution in [0.2, 0.25) is 5.02 Å². The smallest absolute Gasteiger partial charge is 0.118 e. The molecular weight excluding hydrogens is 328 g/mol. The molecule has 2 aromatic rings. The van der Waals surface area contributed by atoms with Crippen LogP contribution >= 0.6 is 23.8 Å². The Kier molecular flexibility index (Phi) is 5.03. The van der Waals surface area contributed by atoms with Gasteiger partial charge in [-0.15, -0.1) is 0 Å². The Balaban J connectivity index is 1.64. The zero-order valence-electron chi connectivity index (χ0n) is 13.0. The van der Waals surface area contributed by atoms with Crippen LogP contribution in [-0.4, -0.2) is 43.2 Å². The molecule has 120 valence electrons. The molecule has 0 unspecified atom stereocenters. The van der Waals surface area contributed by atoms with Crippen LogP contribution in [0, 0.1) is 0 Å². The number of benzene rings is 2. The number of halogens is 1. The van der Waals surface area contributed by atoms with Crippen molar-refractivity contribution in [3.8, 4) is 5.75 Å². The van der Waals surface area contributed by atoms with Crippen LogP contribution < -0.4 is 9.64 Å². The van der Waals surface area contributed by atoms with Gasteiger partial charge in [0.05, 0.1) is 17.8 Å². The van der Waals surface area contributed by atoms with Gasteiger partial charge in [0.1, 0.15) is 10.7 Å². The van der Waals surface area contributed by atoms with Gasteiger partial charge in [0, 0.05) is 31.7 Å². The summed E-state index contributed by atoms with van der Waals surface area (Å²) in [5.74, 6) is 0.847. The molecule has 3 nitrogen and oxygen atoms in total. The number of rotatable bonds is 3. The molecule has 0 N–H and O–H groups in total. The highest BCUT2D eigenvalue weighted by Gasteiger charge is 2.21. The minimum absolute atomic E-state index is 0.804. The van der Waals surface area contributed by atoms with Crippen LogP contribution in [0.15, 0.2) is 48.5 Å². The summed E-state index contributed by atoms with van der Waals surface area (Å²) in [5.41, 5.74) is 2.16. The topological polar surface area (TPSA) is 15.7 Å². The molecule has 0 amide bonds. The first-order valence-electron chi connectivity index (χ1n) is 7.62. The minimum Gasteiger partial charge on any atom is -0.497 e. The molecule has 0 spiro atoms. The zero-order chi connectivity index (χ0) is 16.2. The van der Waals surface area contributed by atoms with Crippen LogP contribution in [0.1, 0.15) is 5.56 Å². The molecule has 5 heteroatoms. The highest BCUT2D eigenvalue weighted by Crippen LogP contribution is 2.26. The Bertz CT molecular complexity index is 682. The van der Waals surface area contributed by atoms with E-state index in [0.29, 0.717) is 0 Å². The number of ether oxygens (including phenoxy) is 1. The third-order valence-corrected chi connectivity index (χ3v) is 4.91. The van der Waals surface area contributed by atoms with Gasteiger partial charge in [-0.05, 0) is 36.4 Å². The zero-order valence-corrected chi connectivity index (χ0v) is 14.6. The predicted octanol–water partition coefficient (Wildman–Crippen LogP) is 3.85. The molecule has 1 fully saturated rings. The van der Waals surface area contributed by atoms with Crippen molar-refractivity contribution >= 4 is 34.5 Å². The maximum atomic E-state index is 6.29. The normalized spacial score (nSPS) is 14.7. The van der Waals surface area contributed by atoms with Crippen molar-refractivity contribution in [2.45, 2.75) is 0 Å². The van der Waals surface area contributed by atoms with E-state index in [2.05, 4.69) is 15.9 Å². The molecule has 1 aliphatic heterocycles. The van der Waals surface area contributed by atoms with E-state index >= 15 is 0 Å². The third kappa shape index (κ3) is 3.59. The fraction of sp³-hybridized carbons (Fsp3) is 0.278. The molecule has 23 heavy (non-hydrogen) atoms. The summed E-state index contributed by atoms with van der Waals surface area (Å²) >= 11 is 11.9. The summed E-state index contributed by atoms with van der Waals surface area (Å²) in [4.78, 5) is 5.46. The highest BCUT2D eigenvalue weighted by atomic mass is 35.5. The van der Waals surface area contributed by atoms with Gasteiger partial charge in [-0.1, -0.05) is 36.0 Å². The fourth-order valence-electron chi connectivity index (χ4n) is 2.77.